The summed E-state index contributed by atoms with van der Waals surface area (Å²) in [5.74, 6) is -0.975. The summed E-state index contributed by atoms with van der Waals surface area (Å²) in [6, 6.07) is 2.65. The van der Waals surface area contributed by atoms with Crippen molar-refractivity contribution in [2.24, 2.45) is 17.1 Å². The Morgan fingerprint density at radius 2 is 1.97 bits per heavy atom. The second-order valence-electron chi connectivity index (χ2n) is 11.1. The van der Waals surface area contributed by atoms with Gasteiger partial charge in [0.15, 0.2) is 5.78 Å². The third kappa shape index (κ3) is 4.35. The number of nitrogens with zero attached hydrogens (tertiary/aromatic N) is 2. The smallest absolute Gasteiger partial charge is 0.253 e. The molecule has 2 aromatic rings. The number of ketones is 1. The van der Waals surface area contributed by atoms with Crippen LogP contribution in [0.3, 0.4) is 0 Å². The Bertz CT molecular complexity index is 1150. The normalized spacial score (nSPS) is 24.1. The molecule has 2 fully saturated rings. The predicted octanol–water partition coefficient (Wildman–Crippen LogP) is 3.93. The van der Waals surface area contributed by atoms with Gasteiger partial charge >= 0.3 is 0 Å². The summed E-state index contributed by atoms with van der Waals surface area (Å²) in [5, 5.41) is 18.4. The van der Waals surface area contributed by atoms with E-state index in [4.69, 9.17) is 10.8 Å². The van der Waals surface area contributed by atoms with Gasteiger partial charge in [-0.3, -0.25) is 9.59 Å². The molecule has 0 bridgehead atoms. The first-order valence-corrected chi connectivity index (χ1v) is 12.4. The quantitative estimate of drug-likeness (QED) is 0.595. The van der Waals surface area contributed by atoms with E-state index in [0.29, 0.717) is 36.4 Å². The number of nitrogens with two attached hydrogens (primary N) is 1. The number of anilines is 1. The Kier molecular flexibility index (Phi) is 5.74. The van der Waals surface area contributed by atoms with Crippen LogP contribution in [0.2, 0.25) is 0 Å². The van der Waals surface area contributed by atoms with E-state index in [1.54, 1.807) is 10.7 Å². The van der Waals surface area contributed by atoms with Gasteiger partial charge < -0.3 is 16.2 Å². The number of nitrogens with one attached hydrogen (secondary N) is 1. The minimum atomic E-state index is -0.870. The number of halogens is 1. The van der Waals surface area contributed by atoms with Crippen LogP contribution in [0.25, 0.3) is 5.69 Å². The van der Waals surface area contributed by atoms with E-state index in [1.165, 1.54) is 6.07 Å². The molecule has 2 atom stereocenters. The Hall–Kier alpha value is -2.74. The second kappa shape index (κ2) is 8.48. The molecule has 7 nitrogen and oxygen atoms in total. The Balaban J connectivity index is 1.61. The third-order valence-electron chi connectivity index (χ3n) is 7.43. The number of aliphatic hydroxyl groups excluding tert-OH is 1. The summed E-state index contributed by atoms with van der Waals surface area (Å²) < 4.78 is 17.0. The van der Waals surface area contributed by atoms with E-state index in [0.717, 1.165) is 49.9 Å². The number of carbonyl (C=O) groups excluding carboxylic acids is 2. The van der Waals surface area contributed by atoms with Gasteiger partial charge in [0.2, 0.25) is 0 Å². The highest BCUT2D eigenvalue weighted by molar-refractivity contribution is 6.00. The Morgan fingerprint density at radius 3 is 2.65 bits per heavy atom. The van der Waals surface area contributed by atoms with E-state index in [2.05, 4.69) is 19.2 Å². The van der Waals surface area contributed by atoms with Crippen LogP contribution in [0.1, 0.15) is 90.9 Å². The minimum Gasteiger partial charge on any atom is -0.391 e. The summed E-state index contributed by atoms with van der Waals surface area (Å²) in [4.78, 5) is 25.2. The minimum absolute atomic E-state index is 0.0889. The lowest BCUT2D eigenvalue weighted by Gasteiger charge is -2.30. The van der Waals surface area contributed by atoms with Crippen LogP contribution in [0.15, 0.2) is 12.1 Å². The average molecular weight is 469 g/mol. The fourth-order valence-corrected chi connectivity index (χ4v) is 5.54. The molecule has 34 heavy (non-hydrogen) atoms. The monoisotopic (exact) mass is 468 g/mol. The van der Waals surface area contributed by atoms with E-state index in [9.17, 15) is 14.7 Å². The maximum absolute atomic E-state index is 15.3. The molecule has 1 aromatic heterocycles. The SMILES string of the molecule is CC1(C)CC(=O)c2c(CC3CC3)nn(-c3cc(F)c(C(N)=O)c(N[C@H]4CCCC[C@@H]4O)c3)c2C1. The highest BCUT2D eigenvalue weighted by Crippen LogP contribution is 2.40. The molecule has 1 aromatic carbocycles. The molecule has 2 saturated carbocycles. The van der Waals surface area contributed by atoms with Crippen molar-refractivity contribution >= 4 is 17.4 Å². The van der Waals surface area contributed by atoms with Gasteiger partial charge in [-0.15, -0.1) is 0 Å². The Labute approximate surface area is 198 Å². The lowest BCUT2D eigenvalue weighted by atomic mass is 9.75. The first-order chi connectivity index (χ1) is 16.1. The van der Waals surface area contributed by atoms with Crippen LogP contribution >= 0.6 is 0 Å². The number of hydrogen-bond donors (Lipinski definition) is 3. The van der Waals surface area contributed by atoms with Crippen molar-refractivity contribution in [1.82, 2.24) is 9.78 Å². The first kappa shape index (κ1) is 23.0. The molecule has 3 aliphatic carbocycles. The summed E-state index contributed by atoms with van der Waals surface area (Å²) in [6.45, 7) is 4.11. The summed E-state index contributed by atoms with van der Waals surface area (Å²) in [6.07, 6.45) is 6.81. The van der Waals surface area contributed by atoms with Gasteiger partial charge in [-0.25, -0.2) is 9.07 Å². The number of aromatic nitrogens is 2. The van der Waals surface area contributed by atoms with Gasteiger partial charge in [-0.1, -0.05) is 26.7 Å². The van der Waals surface area contributed by atoms with Crippen LogP contribution in [-0.2, 0) is 12.8 Å². The first-order valence-electron chi connectivity index (χ1n) is 12.4. The molecule has 4 N–H and O–H groups in total. The number of Topliss-reactive ketones (excluding diaryl/α,β-unsaturated/α-hetero) is 1. The van der Waals surface area contributed by atoms with Crippen molar-refractivity contribution in [3.05, 3.63) is 40.5 Å². The maximum Gasteiger partial charge on any atom is 0.253 e. The van der Waals surface area contributed by atoms with Crippen molar-refractivity contribution < 1.29 is 19.1 Å². The van der Waals surface area contributed by atoms with E-state index in [-0.39, 0.29) is 28.5 Å². The number of carbonyl (C=O) groups is 2. The summed E-state index contributed by atoms with van der Waals surface area (Å²) >= 11 is 0. The molecular formula is C26H33FN4O3. The van der Waals surface area contributed by atoms with E-state index < -0.39 is 17.8 Å². The zero-order valence-electron chi connectivity index (χ0n) is 19.9. The zero-order valence-corrected chi connectivity index (χ0v) is 19.9. The second-order valence-corrected chi connectivity index (χ2v) is 11.1. The molecule has 182 valence electrons. The largest absolute Gasteiger partial charge is 0.391 e. The lowest BCUT2D eigenvalue weighted by Crippen LogP contribution is -2.37. The molecule has 3 aliphatic rings. The Morgan fingerprint density at radius 1 is 1.24 bits per heavy atom. The summed E-state index contributed by atoms with van der Waals surface area (Å²) in [5.41, 5.74) is 8.04. The van der Waals surface area contributed by atoms with Crippen LogP contribution in [0.5, 0.6) is 0 Å². The zero-order chi connectivity index (χ0) is 24.2. The molecule has 1 heterocycles. The molecular weight excluding hydrogens is 435 g/mol. The fourth-order valence-electron chi connectivity index (χ4n) is 5.54. The van der Waals surface area contributed by atoms with Crippen molar-refractivity contribution in [1.29, 1.82) is 0 Å². The molecule has 5 rings (SSSR count). The number of fused-ring (bicyclic) bond motifs is 1. The molecule has 0 spiro atoms. The molecule has 0 saturated heterocycles. The van der Waals surface area contributed by atoms with Gasteiger partial charge in [0.05, 0.1) is 46.0 Å². The molecule has 1 amide bonds. The van der Waals surface area contributed by atoms with Crippen LogP contribution in [0, 0.1) is 17.2 Å². The average Bonchev–Trinajstić information content (AvgIpc) is 3.48. The van der Waals surface area contributed by atoms with Crippen LogP contribution < -0.4 is 11.1 Å². The van der Waals surface area contributed by atoms with Gasteiger partial charge in [0.1, 0.15) is 5.82 Å². The molecule has 0 aliphatic heterocycles. The highest BCUT2D eigenvalue weighted by Gasteiger charge is 2.38. The number of hydrogen-bond acceptors (Lipinski definition) is 5. The van der Waals surface area contributed by atoms with Crippen molar-refractivity contribution in [3.63, 3.8) is 0 Å². The van der Waals surface area contributed by atoms with Crippen LogP contribution in [0.4, 0.5) is 10.1 Å². The number of benzene rings is 1. The van der Waals surface area contributed by atoms with Crippen LogP contribution in [-0.4, -0.2) is 38.7 Å². The lowest BCUT2D eigenvalue weighted by molar-refractivity contribution is 0.0909. The standard InChI is InChI=1S/C26H33FN4O3/c1-26(2)12-20-24(22(33)13-26)19(9-14-7-8-14)30-31(20)15-10-16(27)23(25(28)34)18(11-15)29-17-5-3-4-6-21(17)32/h10-11,14,17,21,29,32H,3-9,12-13H2,1-2H3,(H2,28,34)/t17-,21-/m0/s1. The number of aliphatic hydroxyl groups is 1. The van der Waals surface area contributed by atoms with Gasteiger partial charge in [-0.05, 0) is 55.9 Å². The fraction of sp³-hybridized carbons (Fsp3) is 0.577. The summed E-state index contributed by atoms with van der Waals surface area (Å²) in [7, 11) is 0. The third-order valence-corrected chi connectivity index (χ3v) is 7.43. The van der Waals surface area contributed by atoms with E-state index in [1.807, 2.05) is 0 Å². The predicted molar refractivity (Wildman–Crippen MR) is 127 cm³/mol. The maximum atomic E-state index is 15.3. The highest BCUT2D eigenvalue weighted by atomic mass is 19.1. The van der Waals surface area contributed by atoms with Gasteiger partial charge in [-0.2, -0.15) is 5.10 Å². The topological polar surface area (TPSA) is 110 Å². The molecule has 8 heteroatoms. The molecule has 0 unspecified atom stereocenters. The number of amides is 1. The number of rotatable bonds is 6. The van der Waals surface area contributed by atoms with Crippen molar-refractivity contribution in [2.45, 2.75) is 83.8 Å². The van der Waals surface area contributed by atoms with Crippen molar-refractivity contribution in [2.75, 3.05) is 5.32 Å². The van der Waals surface area contributed by atoms with Gasteiger partial charge in [0.25, 0.3) is 5.91 Å². The number of primary amides is 1. The van der Waals surface area contributed by atoms with Gasteiger partial charge in [0, 0.05) is 12.5 Å². The van der Waals surface area contributed by atoms with Crippen molar-refractivity contribution in [3.8, 4) is 5.69 Å². The molecule has 0 radical (unpaired) electrons. The van der Waals surface area contributed by atoms with E-state index >= 15 is 4.39 Å².